The molecule has 60 valence electrons. The van der Waals surface area contributed by atoms with Crippen LogP contribution in [-0.4, -0.2) is 0 Å². The molecule has 0 unspecified atom stereocenters. The molecule has 0 bridgehead atoms. The molecule has 1 aromatic carbocycles. The topological polar surface area (TPSA) is 0 Å². The first kappa shape index (κ1) is 9.96. The fourth-order valence-electron chi connectivity index (χ4n) is 0.534. The standard InChI is InChI=1S/C7H8.C4H8/c1-7-5-3-2-4-6-7;1-3-4-2/h2-6H,1H3;3H,1,4H2,2H3. The largest absolute Gasteiger partial charge is 0.103 e. The van der Waals surface area contributed by atoms with E-state index in [2.05, 4.69) is 32.6 Å². The summed E-state index contributed by atoms with van der Waals surface area (Å²) < 4.78 is 0. The molecule has 0 aromatic heterocycles. The maximum absolute atomic E-state index is 3.48. The Bertz CT molecular complexity index is 174. The van der Waals surface area contributed by atoms with Gasteiger partial charge in [0.25, 0.3) is 0 Å². The molecule has 0 heterocycles. The lowest BCUT2D eigenvalue weighted by Crippen LogP contribution is -1.62. The smallest absolute Gasteiger partial charge is 0.0382 e. The first-order valence-corrected chi connectivity index (χ1v) is 3.93. The second-order valence-corrected chi connectivity index (χ2v) is 2.35. The van der Waals surface area contributed by atoms with Crippen molar-refractivity contribution in [2.24, 2.45) is 0 Å². The van der Waals surface area contributed by atoms with E-state index < -0.39 is 0 Å². The number of rotatable bonds is 1. The zero-order chi connectivity index (χ0) is 8.53. The average molecular weight is 148 g/mol. The molecule has 0 spiro atoms. The van der Waals surface area contributed by atoms with Crippen LogP contribution in [-0.2, 0) is 0 Å². The summed E-state index contributed by atoms with van der Waals surface area (Å²) in [5.41, 5.74) is 1.32. The Morgan fingerprint density at radius 3 is 1.91 bits per heavy atom. The van der Waals surface area contributed by atoms with Crippen LogP contribution in [0.15, 0.2) is 43.0 Å². The third kappa shape index (κ3) is 6.85. The van der Waals surface area contributed by atoms with Crippen LogP contribution in [0.3, 0.4) is 0 Å². The van der Waals surface area contributed by atoms with E-state index in [1.807, 2.05) is 24.3 Å². The lowest BCUT2D eigenvalue weighted by molar-refractivity contribution is 1.23. The summed E-state index contributed by atoms with van der Waals surface area (Å²) >= 11 is 0. The Hall–Kier alpha value is -1.04. The molecule has 1 aromatic rings. The van der Waals surface area contributed by atoms with Gasteiger partial charge in [-0.25, -0.2) is 0 Å². The predicted molar refractivity (Wildman–Crippen MR) is 51.7 cm³/mol. The fraction of sp³-hybridized carbons (Fsp3) is 0.273. The third-order valence-corrected chi connectivity index (χ3v) is 1.23. The fourth-order valence-corrected chi connectivity index (χ4v) is 0.534. The molecule has 0 amide bonds. The van der Waals surface area contributed by atoms with Crippen LogP contribution >= 0.6 is 0 Å². The minimum atomic E-state index is 1.08. The van der Waals surface area contributed by atoms with E-state index in [9.17, 15) is 0 Å². The number of allylic oxidation sites excluding steroid dienone is 1. The van der Waals surface area contributed by atoms with Gasteiger partial charge in [-0.2, -0.15) is 0 Å². The highest BCUT2D eigenvalue weighted by Crippen LogP contribution is 1.92. The van der Waals surface area contributed by atoms with E-state index in [0.29, 0.717) is 0 Å². The monoisotopic (exact) mass is 148 g/mol. The van der Waals surface area contributed by atoms with Crippen molar-refractivity contribution in [1.29, 1.82) is 0 Å². The molecule has 0 heteroatoms. The van der Waals surface area contributed by atoms with Gasteiger partial charge < -0.3 is 0 Å². The molecule has 0 nitrogen and oxygen atoms in total. The van der Waals surface area contributed by atoms with E-state index in [1.54, 1.807) is 0 Å². The van der Waals surface area contributed by atoms with E-state index in [4.69, 9.17) is 0 Å². The Labute approximate surface area is 69.6 Å². The van der Waals surface area contributed by atoms with E-state index >= 15 is 0 Å². The van der Waals surface area contributed by atoms with Crippen molar-refractivity contribution < 1.29 is 0 Å². The van der Waals surface area contributed by atoms with Gasteiger partial charge in [0.2, 0.25) is 0 Å². The molecular weight excluding hydrogens is 132 g/mol. The van der Waals surface area contributed by atoms with Gasteiger partial charge in [0.1, 0.15) is 0 Å². The first-order valence-electron chi connectivity index (χ1n) is 3.93. The lowest BCUT2D eigenvalue weighted by Gasteiger charge is -1.82. The predicted octanol–water partition coefficient (Wildman–Crippen LogP) is 3.58. The van der Waals surface area contributed by atoms with Crippen molar-refractivity contribution in [2.75, 3.05) is 0 Å². The van der Waals surface area contributed by atoms with Crippen molar-refractivity contribution >= 4 is 0 Å². The van der Waals surface area contributed by atoms with E-state index in [-0.39, 0.29) is 0 Å². The Morgan fingerprint density at radius 1 is 1.27 bits per heavy atom. The van der Waals surface area contributed by atoms with Crippen LogP contribution in [0, 0.1) is 6.92 Å². The maximum Gasteiger partial charge on any atom is -0.0382 e. The Morgan fingerprint density at radius 2 is 1.73 bits per heavy atom. The van der Waals surface area contributed by atoms with Gasteiger partial charge in [-0.05, 0) is 13.3 Å². The Kier molecular flexibility index (Phi) is 6.40. The number of benzene rings is 1. The molecular formula is C11H16. The van der Waals surface area contributed by atoms with Crippen molar-refractivity contribution in [2.45, 2.75) is 20.3 Å². The summed E-state index contributed by atoms with van der Waals surface area (Å²) in [4.78, 5) is 0. The van der Waals surface area contributed by atoms with Crippen LogP contribution in [0.1, 0.15) is 18.9 Å². The van der Waals surface area contributed by atoms with E-state index in [0.717, 1.165) is 6.42 Å². The van der Waals surface area contributed by atoms with Gasteiger partial charge in [-0.15, -0.1) is 6.58 Å². The van der Waals surface area contributed by atoms with Crippen molar-refractivity contribution in [3.8, 4) is 0 Å². The van der Waals surface area contributed by atoms with Crippen molar-refractivity contribution in [3.05, 3.63) is 48.6 Å². The summed E-state index contributed by atoms with van der Waals surface area (Å²) in [6.45, 7) is 7.62. The highest BCUT2D eigenvalue weighted by Gasteiger charge is 1.72. The van der Waals surface area contributed by atoms with Gasteiger partial charge in [0.15, 0.2) is 0 Å². The minimum absolute atomic E-state index is 1.08. The van der Waals surface area contributed by atoms with Crippen LogP contribution in [0.4, 0.5) is 0 Å². The van der Waals surface area contributed by atoms with Gasteiger partial charge in [0, 0.05) is 0 Å². The highest BCUT2D eigenvalue weighted by atomic mass is 13.8. The van der Waals surface area contributed by atoms with Gasteiger partial charge in [-0.3, -0.25) is 0 Å². The van der Waals surface area contributed by atoms with Gasteiger partial charge in [0.05, 0.1) is 0 Å². The Balaban J connectivity index is 0.000000218. The van der Waals surface area contributed by atoms with Crippen LogP contribution < -0.4 is 0 Å². The quantitative estimate of drug-likeness (QED) is 0.534. The summed E-state index contributed by atoms with van der Waals surface area (Å²) in [5, 5.41) is 0. The second-order valence-electron chi connectivity index (χ2n) is 2.35. The number of hydrogen-bond acceptors (Lipinski definition) is 0. The molecule has 11 heavy (non-hydrogen) atoms. The summed E-state index contributed by atoms with van der Waals surface area (Å²) in [5.74, 6) is 0. The first-order chi connectivity index (χ1) is 5.31. The van der Waals surface area contributed by atoms with Crippen molar-refractivity contribution in [1.82, 2.24) is 0 Å². The summed E-state index contributed by atoms with van der Waals surface area (Å²) in [7, 11) is 0. The number of aryl methyl sites for hydroxylation is 1. The SMILES string of the molecule is C=CCC.Cc1ccccc1. The minimum Gasteiger partial charge on any atom is -0.103 e. The van der Waals surface area contributed by atoms with Crippen molar-refractivity contribution in [3.63, 3.8) is 0 Å². The molecule has 1 rings (SSSR count). The average Bonchev–Trinajstić information content (AvgIpc) is 2.07. The molecule has 0 saturated heterocycles. The normalized spacial score (nSPS) is 7.82. The molecule has 0 aliphatic heterocycles. The zero-order valence-corrected chi connectivity index (χ0v) is 7.38. The molecule has 0 fully saturated rings. The van der Waals surface area contributed by atoms with Gasteiger partial charge >= 0.3 is 0 Å². The second kappa shape index (κ2) is 7.07. The molecule has 0 N–H and O–H groups in total. The molecule has 0 radical (unpaired) electrons. The highest BCUT2D eigenvalue weighted by molar-refractivity contribution is 5.11. The van der Waals surface area contributed by atoms with Gasteiger partial charge in [-0.1, -0.05) is 48.9 Å². The number of hydrogen-bond donors (Lipinski definition) is 0. The molecule has 0 aliphatic carbocycles. The summed E-state index contributed by atoms with van der Waals surface area (Å²) in [6, 6.07) is 10.3. The molecule has 0 atom stereocenters. The van der Waals surface area contributed by atoms with Crippen LogP contribution in [0.25, 0.3) is 0 Å². The lowest BCUT2D eigenvalue weighted by atomic mass is 10.2. The zero-order valence-electron chi connectivity index (χ0n) is 7.38. The summed E-state index contributed by atoms with van der Waals surface area (Å²) in [6.07, 6.45) is 2.96. The van der Waals surface area contributed by atoms with Crippen LogP contribution in [0.5, 0.6) is 0 Å². The maximum atomic E-state index is 3.48. The van der Waals surface area contributed by atoms with Crippen LogP contribution in [0.2, 0.25) is 0 Å². The third-order valence-electron chi connectivity index (χ3n) is 1.23. The molecule has 0 saturated carbocycles. The molecule has 0 aliphatic rings. The van der Waals surface area contributed by atoms with E-state index in [1.165, 1.54) is 5.56 Å².